The van der Waals surface area contributed by atoms with E-state index in [4.69, 9.17) is 27.4 Å². The van der Waals surface area contributed by atoms with Crippen molar-refractivity contribution < 1.29 is 14.3 Å². The molecule has 1 rings (SSSR count). The number of rotatable bonds is 6. The molecule has 0 heterocycles. The minimum absolute atomic E-state index is 0.300. The third-order valence-corrected chi connectivity index (χ3v) is 2.90. The van der Waals surface area contributed by atoms with Crippen LogP contribution in [0.3, 0.4) is 0 Å². The Labute approximate surface area is 118 Å². The molecule has 0 aliphatic rings. The standard InChI is InChI=1S/C14H19NO3S/c1-4-11(14(16)17-5-2)18-12-8-10(13(15)19)7-6-9(12)3/h6-8,11H,4-5H2,1-3H3,(H2,15,19). The predicted molar refractivity (Wildman–Crippen MR) is 78.4 cm³/mol. The molecule has 0 radical (unpaired) electrons. The summed E-state index contributed by atoms with van der Waals surface area (Å²) in [7, 11) is 0. The zero-order valence-corrected chi connectivity index (χ0v) is 12.3. The Morgan fingerprint density at radius 1 is 1.42 bits per heavy atom. The SMILES string of the molecule is CCOC(=O)C(CC)Oc1cc(C(N)=S)ccc1C. The van der Waals surface area contributed by atoms with Crippen LogP contribution in [0.15, 0.2) is 18.2 Å². The molecule has 1 unspecified atom stereocenters. The van der Waals surface area contributed by atoms with Crippen LogP contribution in [-0.2, 0) is 9.53 Å². The average Bonchev–Trinajstić information content (AvgIpc) is 2.37. The molecule has 1 aromatic carbocycles. The Hall–Kier alpha value is -1.62. The van der Waals surface area contributed by atoms with E-state index in [2.05, 4.69) is 0 Å². The van der Waals surface area contributed by atoms with Crippen molar-refractivity contribution in [2.24, 2.45) is 5.73 Å². The first-order valence-corrected chi connectivity index (χ1v) is 6.64. The van der Waals surface area contributed by atoms with Crippen molar-refractivity contribution in [2.45, 2.75) is 33.3 Å². The molecule has 104 valence electrons. The Bertz CT molecular complexity index is 474. The summed E-state index contributed by atoms with van der Waals surface area (Å²) < 4.78 is 10.7. The normalized spacial score (nSPS) is 11.7. The summed E-state index contributed by atoms with van der Waals surface area (Å²) in [4.78, 5) is 12.0. The zero-order chi connectivity index (χ0) is 14.4. The van der Waals surface area contributed by atoms with E-state index in [0.717, 1.165) is 5.56 Å². The van der Waals surface area contributed by atoms with Crippen LogP contribution in [0.1, 0.15) is 31.4 Å². The predicted octanol–water partition coefficient (Wildman–Crippen LogP) is 2.35. The number of esters is 1. The third-order valence-electron chi connectivity index (χ3n) is 2.66. The number of carbonyl (C=O) groups excluding carboxylic acids is 1. The summed E-state index contributed by atoms with van der Waals surface area (Å²) in [6, 6.07) is 5.44. The summed E-state index contributed by atoms with van der Waals surface area (Å²) in [5, 5.41) is 0. The Balaban J connectivity index is 2.93. The molecule has 1 aromatic rings. The maximum absolute atomic E-state index is 11.7. The lowest BCUT2D eigenvalue weighted by Crippen LogP contribution is -2.29. The van der Waals surface area contributed by atoms with Crippen LogP contribution in [-0.4, -0.2) is 23.7 Å². The molecule has 0 aromatic heterocycles. The minimum Gasteiger partial charge on any atom is -0.478 e. The fourth-order valence-corrected chi connectivity index (χ4v) is 1.69. The Morgan fingerprint density at radius 3 is 2.63 bits per heavy atom. The largest absolute Gasteiger partial charge is 0.478 e. The molecule has 19 heavy (non-hydrogen) atoms. The van der Waals surface area contributed by atoms with Gasteiger partial charge < -0.3 is 15.2 Å². The monoisotopic (exact) mass is 281 g/mol. The highest BCUT2D eigenvalue weighted by molar-refractivity contribution is 7.80. The summed E-state index contributed by atoms with van der Waals surface area (Å²) in [5.41, 5.74) is 7.22. The number of aryl methyl sites for hydroxylation is 1. The number of hydrogen-bond acceptors (Lipinski definition) is 4. The fourth-order valence-electron chi connectivity index (χ4n) is 1.57. The average molecular weight is 281 g/mol. The molecule has 0 saturated carbocycles. The van der Waals surface area contributed by atoms with Crippen molar-refractivity contribution in [3.8, 4) is 5.75 Å². The Kier molecular flexibility index (Phi) is 5.76. The summed E-state index contributed by atoms with van der Waals surface area (Å²) in [5.74, 6) is 0.246. The fraction of sp³-hybridized carbons (Fsp3) is 0.429. The van der Waals surface area contributed by atoms with Crippen LogP contribution >= 0.6 is 12.2 Å². The summed E-state index contributed by atoms with van der Waals surface area (Å²) in [6.07, 6.45) is -0.0736. The second-order valence-corrected chi connectivity index (χ2v) is 4.55. The van der Waals surface area contributed by atoms with Gasteiger partial charge in [0.1, 0.15) is 10.7 Å². The summed E-state index contributed by atoms with van der Waals surface area (Å²) in [6.45, 7) is 5.87. The maximum Gasteiger partial charge on any atom is 0.347 e. The van der Waals surface area contributed by atoms with Gasteiger partial charge in [0.2, 0.25) is 0 Å². The summed E-state index contributed by atoms with van der Waals surface area (Å²) >= 11 is 4.93. The molecule has 0 aliphatic heterocycles. The molecular formula is C14H19NO3S. The molecule has 0 bridgehead atoms. The highest BCUT2D eigenvalue weighted by Gasteiger charge is 2.20. The van der Waals surface area contributed by atoms with Crippen molar-refractivity contribution in [1.29, 1.82) is 0 Å². The molecule has 0 fully saturated rings. The van der Waals surface area contributed by atoms with Crippen LogP contribution < -0.4 is 10.5 Å². The van der Waals surface area contributed by atoms with E-state index in [9.17, 15) is 4.79 Å². The smallest absolute Gasteiger partial charge is 0.347 e. The first-order chi connectivity index (χ1) is 8.99. The second kappa shape index (κ2) is 7.09. The lowest BCUT2D eigenvalue weighted by Gasteiger charge is -2.18. The van der Waals surface area contributed by atoms with Gasteiger partial charge in [0.05, 0.1) is 6.61 Å². The van der Waals surface area contributed by atoms with Gasteiger partial charge in [0, 0.05) is 5.56 Å². The molecule has 2 N–H and O–H groups in total. The van der Waals surface area contributed by atoms with Crippen molar-refractivity contribution >= 4 is 23.2 Å². The zero-order valence-electron chi connectivity index (χ0n) is 11.4. The van der Waals surface area contributed by atoms with E-state index in [1.54, 1.807) is 13.0 Å². The Morgan fingerprint density at radius 2 is 2.11 bits per heavy atom. The molecule has 1 atom stereocenters. The molecule has 0 saturated heterocycles. The number of carbonyl (C=O) groups is 1. The van der Waals surface area contributed by atoms with Crippen LogP contribution in [0.4, 0.5) is 0 Å². The van der Waals surface area contributed by atoms with Gasteiger partial charge in [0.25, 0.3) is 0 Å². The van der Waals surface area contributed by atoms with Gasteiger partial charge in [-0.25, -0.2) is 4.79 Å². The van der Waals surface area contributed by atoms with Crippen LogP contribution in [0.2, 0.25) is 0 Å². The van der Waals surface area contributed by atoms with Crippen LogP contribution in [0.25, 0.3) is 0 Å². The highest BCUT2D eigenvalue weighted by Crippen LogP contribution is 2.22. The van der Waals surface area contributed by atoms with Gasteiger partial charge in [-0.1, -0.05) is 31.3 Å². The van der Waals surface area contributed by atoms with Gasteiger partial charge in [-0.3, -0.25) is 0 Å². The number of ether oxygens (including phenoxy) is 2. The molecule has 4 nitrogen and oxygen atoms in total. The van der Waals surface area contributed by atoms with Gasteiger partial charge in [-0.05, 0) is 31.9 Å². The van der Waals surface area contributed by atoms with Crippen molar-refractivity contribution in [2.75, 3.05) is 6.61 Å². The number of thiocarbonyl (C=S) groups is 1. The van der Waals surface area contributed by atoms with Crippen molar-refractivity contribution in [3.63, 3.8) is 0 Å². The lowest BCUT2D eigenvalue weighted by atomic mass is 10.1. The van der Waals surface area contributed by atoms with Crippen molar-refractivity contribution in [1.82, 2.24) is 0 Å². The maximum atomic E-state index is 11.7. The van der Waals surface area contributed by atoms with Gasteiger partial charge in [0.15, 0.2) is 6.10 Å². The van der Waals surface area contributed by atoms with E-state index in [0.29, 0.717) is 29.3 Å². The van der Waals surface area contributed by atoms with Gasteiger partial charge in [-0.2, -0.15) is 0 Å². The van der Waals surface area contributed by atoms with E-state index in [-0.39, 0.29) is 5.97 Å². The van der Waals surface area contributed by atoms with Gasteiger partial charge in [-0.15, -0.1) is 0 Å². The van der Waals surface area contributed by atoms with Crippen molar-refractivity contribution in [3.05, 3.63) is 29.3 Å². The van der Waals surface area contributed by atoms with E-state index < -0.39 is 6.10 Å². The molecular weight excluding hydrogens is 262 g/mol. The van der Waals surface area contributed by atoms with Crippen LogP contribution in [0, 0.1) is 6.92 Å². The first-order valence-electron chi connectivity index (χ1n) is 6.23. The third kappa shape index (κ3) is 4.21. The van der Waals surface area contributed by atoms with E-state index >= 15 is 0 Å². The number of benzene rings is 1. The number of nitrogens with two attached hydrogens (primary N) is 1. The first kappa shape index (κ1) is 15.4. The van der Waals surface area contributed by atoms with Crippen LogP contribution in [0.5, 0.6) is 5.75 Å². The quantitative estimate of drug-likeness (QED) is 0.640. The minimum atomic E-state index is -0.611. The molecule has 0 spiro atoms. The topological polar surface area (TPSA) is 61.5 Å². The van der Waals surface area contributed by atoms with E-state index in [1.165, 1.54) is 0 Å². The molecule has 0 aliphatic carbocycles. The van der Waals surface area contributed by atoms with Gasteiger partial charge >= 0.3 is 5.97 Å². The highest BCUT2D eigenvalue weighted by atomic mass is 32.1. The molecule has 0 amide bonds. The molecule has 5 heteroatoms. The van der Waals surface area contributed by atoms with E-state index in [1.807, 2.05) is 26.0 Å². The number of hydrogen-bond donors (Lipinski definition) is 1. The lowest BCUT2D eigenvalue weighted by molar-refractivity contribution is -0.151. The second-order valence-electron chi connectivity index (χ2n) is 4.11.